The van der Waals surface area contributed by atoms with Crippen LogP contribution in [-0.2, 0) is 17.6 Å². The first kappa shape index (κ1) is 14.2. The van der Waals surface area contributed by atoms with Crippen LogP contribution in [0.25, 0.3) is 0 Å². The average Bonchev–Trinajstić information content (AvgIpc) is 2.42. The number of fused-ring (bicyclic) bond motifs is 1. The van der Waals surface area contributed by atoms with Gasteiger partial charge in [-0.25, -0.2) is 0 Å². The molecule has 76 valence electrons. The minimum atomic E-state index is -0.691. The van der Waals surface area contributed by atoms with Crippen LogP contribution in [0.1, 0.15) is 18.1 Å². The van der Waals surface area contributed by atoms with Crippen LogP contribution in [0.3, 0.4) is 0 Å². The van der Waals surface area contributed by atoms with Gasteiger partial charge < -0.3 is 10.6 Å². The zero-order valence-electron chi connectivity index (χ0n) is 9.03. The maximum Gasteiger partial charge on any atom is 1.00 e. The van der Waals surface area contributed by atoms with E-state index in [4.69, 9.17) is 5.11 Å². The number of carboxylic acids is 1. The topological polar surface area (TPSA) is 67.3 Å². The molecule has 0 aromatic heterocycles. The summed E-state index contributed by atoms with van der Waals surface area (Å²) in [7, 11) is 0. The Morgan fingerprint density at radius 2 is 1.67 bits per heavy atom. The van der Waals surface area contributed by atoms with E-state index in [-0.39, 0.29) is 24.3 Å². The Kier molecular flexibility index (Phi) is 4.60. The van der Waals surface area contributed by atoms with Gasteiger partial charge in [-0.3, -0.25) is 4.79 Å². The second kappa shape index (κ2) is 4.85. The molecule has 3 nitrogen and oxygen atoms in total. The van der Waals surface area contributed by atoms with E-state index in [0.29, 0.717) is 12.8 Å². The fourth-order valence-electron chi connectivity index (χ4n) is 1.96. The third-order valence-corrected chi connectivity index (χ3v) is 2.80. The van der Waals surface area contributed by atoms with Gasteiger partial charge in [-0.05, 0) is 30.9 Å². The van der Waals surface area contributed by atoms with Crippen molar-refractivity contribution >= 4 is 5.97 Å². The molecule has 0 atom stereocenters. The van der Waals surface area contributed by atoms with Gasteiger partial charge in [0.05, 0.1) is 5.41 Å². The van der Waals surface area contributed by atoms with Gasteiger partial charge in [0.1, 0.15) is 0 Å². The normalized spacial score (nSPS) is 15.8. The third kappa shape index (κ3) is 2.43. The van der Waals surface area contributed by atoms with Gasteiger partial charge in [0.2, 0.25) is 0 Å². The Morgan fingerprint density at radius 1 is 1.27 bits per heavy atom. The van der Waals surface area contributed by atoms with Gasteiger partial charge in [0.15, 0.2) is 0 Å². The van der Waals surface area contributed by atoms with Gasteiger partial charge in [-0.15, -0.1) is 0 Å². The van der Waals surface area contributed by atoms with Crippen molar-refractivity contribution in [1.29, 1.82) is 0 Å². The zero-order valence-corrected chi connectivity index (χ0v) is 9.03. The molecule has 1 aliphatic carbocycles. The predicted molar refractivity (Wildman–Crippen MR) is 51.5 cm³/mol. The van der Waals surface area contributed by atoms with E-state index in [0.717, 1.165) is 0 Å². The van der Waals surface area contributed by atoms with E-state index in [1.165, 1.54) is 11.1 Å². The molecular weight excluding hydrogens is 187 g/mol. The van der Waals surface area contributed by atoms with E-state index in [1.807, 2.05) is 31.2 Å². The van der Waals surface area contributed by atoms with Gasteiger partial charge in [0, 0.05) is 0 Å². The number of benzene rings is 1. The minimum Gasteiger partial charge on any atom is -0.870 e. The molecule has 0 bridgehead atoms. The van der Waals surface area contributed by atoms with E-state index in [9.17, 15) is 4.79 Å². The van der Waals surface area contributed by atoms with Crippen LogP contribution in [0, 0.1) is 5.41 Å². The maximum absolute atomic E-state index is 11.0. The summed E-state index contributed by atoms with van der Waals surface area (Å²) in [6.45, 7) is 1.81. The predicted octanol–water partition coefficient (Wildman–Crippen LogP) is -1.30. The van der Waals surface area contributed by atoms with Crippen LogP contribution in [0.15, 0.2) is 24.3 Å². The molecule has 0 radical (unpaired) electrons. The molecule has 0 fully saturated rings. The van der Waals surface area contributed by atoms with E-state index < -0.39 is 11.4 Å². The second-order valence-corrected chi connectivity index (χ2v) is 3.99. The Morgan fingerprint density at radius 3 is 2.00 bits per heavy atom. The second-order valence-electron chi connectivity index (χ2n) is 3.99. The summed E-state index contributed by atoms with van der Waals surface area (Å²) in [5.74, 6) is -0.691. The first-order chi connectivity index (χ1) is 6.12. The summed E-state index contributed by atoms with van der Waals surface area (Å²) >= 11 is 0. The molecule has 1 aromatic carbocycles. The molecule has 0 heterocycles. The van der Waals surface area contributed by atoms with Crippen LogP contribution in [0.2, 0.25) is 0 Å². The van der Waals surface area contributed by atoms with E-state index >= 15 is 0 Å². The molecule has 0 saturated heterocycles. The van der Waals surface area contributed by atoms with Gasteiger partial charge in [-0.2, -0.15) is 0 Å². The van der Waals surface area contributed by atoms with Crippen LogP contribution < -0.4 is 18.9 Å². The van der Waals surface area contributed by atoms with Crippen molar-refractivity contribution in [3.63, 3.8) is 0 Å². The maximum atomic E-state index is 11.0. The smallest absolute Gasteiger partial charge is 0.870 e. The van der Waals surface area contributed by atoms with Crippen LogP contribution in [-0.4, -0.2) is 16.6 Å². The monoisotopic (exact) mass is 200 g/mol. The first-order valence-corrected chi connectivity index (χ1v) is 4.42. The number of hydrogen-bond acceptors (Lipinski definition) is 2. The Bertz CT molecular complexity index is 338. The van der Waals surface area contributed by atoms with Gasteiger partial charge >= 0.3 is 24.8 Å². The summed E-state index contributed by atoms with van der Waals surface area (Å²) in [4.78, 5) is 11.0. The number of hydrogen-bond donors (Lipinski definition) is 1. The molecule has 0 unspecified atom stereocenters. The van der Waals surface area contributed by atoms with Gasteiger partial charge in [-0.1, -0.05) is 24.3 Å². The first-order valence-electron chi connectivity index (χ1n) is 4.42. The van der Waals surface area contributed by atoms with Crippen molar-refractivity contribution in [2.75, 3.05) is 0 Å². The van der Waals surface area contributed by atoms with Crippen LogP contribution in [0.4, 0.5) is 0 Å². The number of carbonyl (C=O) groups is 1. The summed E-state index contributed by atoms with van der Waals surface area (Å²) in [6.07, 6.45) is 1.33. The molecule has 1 aromatic rings. The number of carboxylic acid groups (broad SMARTS) is 1. The number of aliphatic carboxylic acids is 1. The Hall–Kier alpha value is -0.753. The average molecular weight is 200 g/mol. The fraction of sp³-hybridized carbons (Fsp3) is 0.364. The van der Waals surface area contributed by atoms with Crippen LogP contribution >= 0.6 is 0 Å². The van der Waals surface area contributed by atoms with Crippen LogP contribution in [0.5, 0.6) is 0 Å². The summed E-state index contributed by atoms with van der Waals surface area (Å²) in [5, 5.41) is 9.04. The van der Waals surface area contributed by atoms with Crippen molar-refractivity contribution in [2.45, 2.75) is 19.8 Å². The van der Waals surface area contributed by atoms with E-state index in [2.05, 4.69) is 0 Å². The standard InChI is InChI=1S/C11H12O2.Li.H2O/c1-11(10(12)13)6-8-4-2-3-5-9(8)7-11;;/h2-5H,6-7H2,1H3,(H,12,13);;1H2/q;+1;/p-1. The van der Waals surface area contributed by atoms with Crippen molar-refractivity contribution < 1.29 is 34.2 Å². The molecule has 15 heavy (non-hydrogen) atoms. The van der Waals surface area contributed by atoms with E-state index in [1.54, 1.807) is 0 Å². The molecule has 4 heteroatoms. The van der Waals surface area contributed by atoms with Crippen molar-refractivity contribution in [1.82, 2.24) is 0 Å². The molecular formula is C11H13LiO3. The molecule has 0 saturated carbocycles. The fourth-order valence-corrected chi connectivity index (χ4v) is 1.96. The zero-order chi connectivity index (χ0) is 9.47. The minimum absolute atomic E-state index is 0. The van der Waals surface area contributed by atoms with Crippen molar-refractivity contribution in [3.05, 3.63) is 35.4 Å². The molecule has 0 spiro atoms. The summed E-state index contributed by atoms with van der Waals surface area (Å²) < 4.78 is 0. The quantitative estimate of drug-likeness (QED) is 0.573. The largest absolute Gasteiger partial charge is 1.00 e. The molecule has 0 aliphatic heterocycles. The molecule has 0 amide bonds. The molecule has 2 N–H and O–H groups in total. The summed E-state index contributed by atoms with van der Waals surface area (Å²) in [6, 6.07) is 7.96. The van der Waals surface area contributed by atoms with Crippen molar-refractivity contribution in [3.8, 4) is 0 Å². The summed E-state index contributed by atoms with van der Waals surface area (Å²) in [5.41, 5.74) is 1.80. The number of rotatable bonds is 1. The SMILES string of the molecule is CC1(C(=O)O)Cc2ccccc2C1.[Li+].[OH-]. The van der Waals surface area contributed by atoms with Gasteiger partial charge in [0.25, 0.3) is 0 Å². The Labute approximate surface area is 101 Å². The third-order valence-electron chi connectivity index (χ3n) is 2.80. The van der Waals surface area contributed by atoms with Crippen molar-refractivity contribution in [2.24, 2.45) is 5.41 Å². The molecule has 1 aliphatic rings. The molecule has 2 rings (SSSR count). The Balaban J connectivity index is 0.000000980.